The van der Waals surface area contributed by atoms with Crippen molar-refractivity contribution >= 4 is 5.78 Å². The second-order valence-electron chi connectivity index (χ2n) is 3.77. The number of benzene rings is 1. The van der Waals surface area contributed by atoms with Crippen LogP contribution in [0.25, 0.3) is 0 Å². The van der Waals surface area contributed by atoms with Gasteiger partial charge in [0.2, 0.25) is 0 Å². The maximum absolute atomic E-state index is 11.6. The molecule has 1 aromatic heterocycles. The summed E-state index contributed by atoms with van der Waals surface area (Å²) in [7, 11) is 0. The molecule has 2 rings (SSSR count). The van der Waals surface area contributed by atoms with Crippen molar-refractivity contribution in [1.82, 2.24) is 0 Å². The first-order valence-corrected chi connectivity index (χ1v) is 5.50. The Balaban J connectivity index is 1.71. The fraction of sp³-hybridized carbons (Fsp3) is 0.214. The van der Waals surface area contributed by atoms with E-state index in [9.17, 15) is 4.79 Å². The Morgan fingerprint density at radius 3 is 2.65 bits per heavy atom. The maximum Gasteiger partial charge on any atom is 0.162 e. The van der Waals surface area contributed by atoms with E-state index in [0.29, 0.717) is 13.0 Å². The molecule has 0 aliphatic heterocycles. The molecule has 0 aliphatic carbocycles. The average molecular weight is 230 g/mol. The van der Waals surface area contributed by atoms with Gasteiger partial charge in [0.25, 0.3) is 0 Å². The van der Waals surface area contributed by atoms with E-state index in [2.05, 4.69) is 0 Å². The Morgan fingerprint density at radius 2 is 1.94 bits per heavy atom. The number of furan rings is 1. The number of Topliss-reactive ketones (excluding diaryl/α,β-unsaturated/α-hetero) is 1. The number of hydrogen-bond acceptors (Lipinski definition) is 3. The van der Waals surface area contributed by atoms with Gasteiger partial charge in [-0.1, -0.05) is 30.3 Å². The smallest absolute Gasteiger partial charge is 0.162 e. The largest absolute Gasteiger partial charge is 0.467 e. The summed E-state index contributed by atoms with van der Waals surface area (Å²) >= 11 is 0. The second kappa shape index (κ2) is 6.01. The molecule has 0 unspecified atom stereocenters. The van der Waals surface area contributed by atoms with E-state index < -0.39 is 0 Å². The predicted octanol–water partition coefficient (Wildman–Crippen LogP) is 2.61. The molecule has 3 nitrogen and oxygen atoms in total. The highest BCUT2D eigenvalue weighted by Gasteiger charge is 2.04. The quantitative estimate of drug-likeness (QED) is 0.765. The summed E-state index contributed by atoms with van der Waals surface area (Å²) in [6.07, 6.45) is 2.00. The zero-order valence-electron chi connectivity index (χ0n) is 9.46. The van der Waals surface area contributed by atoms with Gasteiger partial charge in [0, 0.05) is 6.42 Å². The summed E-state index contributed by atoms with van der Waals surface area (Å²) in [5.41, 5.74) is 1.01. The summed E-state index contributed by atoms with van der Waals surface area (Å²) < 4.78 is 10.4. The Kier molecular flexibility index (Phi) is 4.11. The molecule has 0 N–H and O–H groups in total. The van der Waals surface area contributed by atoms with Crippen molar-refractivity contribution in [2.45, 2.75) is 13.0 Å². The lowest BCUT2D eigenvalue weighted by Crippen LogP contribution is -2.11. The minimum absolute atomic E-state index is 0.0720. The lowest BCUT2D eigenvalue weighted by molar-refractivity contribution is -0.123. The van der Waals surface area contributed by atoms with Gasteiger partial charge in [-0.3, -0.25) is 4.79 Å². The van der Waals surface area contributed by atoms with Crippen LogP contribution in [0.3, 0.4) is 0 Å². The summed E-state index contributed by atoms with van der Waals surface area (Å²) in [5.74, 6) is 0.806. The van der Waals surface area contributed by atoms with Gasteiger partial charge in [-0.2, -0.15) is 0 Å². The van der Waals surface area contributed by atoms with Crippen molar-refractivity contribution in [2.24, 2.45) is 0 Å². The van der Waals surface area contributed by atoms with Gasteiger partial charge < -0.3 is 9.15 Å². The topological polar surface area (TPSA) is 39.4 Å². The summed E-state index contributed by atoms with van der Waals surface area (Å²) in [6, 6.07) is 13.3. The van der Waals surface area contributed by atoms with Gasteiger partial charge in [-0.15, -0.1) is 0 Å². The number of carbonyl (C=O) groups is 1. The molecule has 1 aromatic carbocycles. The SMILES string of the molecule is O=C(COCc1ccco1)Cc1ccccc1. The molecule has 0 saturated carbocycles. The van der Waals surface area contributed by atoms with Crippen molar-refractivity contribution in [3.05, 3.63) is 60.1 Å². The number of rotatable bonds is 6. The first-order valence-electron chi connectivity index (χ1n) is 5.50. The Labute approximate surface area is 100 Å². The molecule has 0 radical (unpaired) electrons. The highest BCUT2D eigenvalue weighted by molar-refractivity contribution is 5.81. The van der Waals surface area contributed by atoms with Gasteiger partial charge in [0.05, 0.1) is 6.26 Å². The van der Waals surface area contributed by atoms with Crippen molar-refractivity contribution in [1.29, 1.82) is 0 Å². The van der Waals surface area contributed by atoms with E-state index in [0.717, 1.165) is 11.3 Å². The Morgan fingerprint density at radius 1 is 1.12 bits per heavy atom. The van der Waals surface area contributed by atoms with E-state index in [-0.39, 0.29) is 12.4 Å². The maximum atomic E-state index is 11.6. The van der Waals surface area contributed by atoms with Gasteiger partial charge in [-0.25, -0.2) is 0 Å². The second-order valence-corrected chi connectivity index (χ2v) is 3.77. The number of ether oxygens (including phenoxy) is 1. The standard InChI is InChI=1S/C14H14O3/c15-13(9-12-5-2-1-3-6-12)10-16-11-14-7-4-8-17-14/h1-8H,9-11H2. The van der Waals surface area contributed by atoms with E-state index in [1.807, 2.05) is 36.4 Å². The van der Waals surface area contributed by atoms with Crippen LogP contribution in [0.5, 0.6) is 0 Å². The van der Waals surface area contributed by atoms with Crippen LogP contribution in [-0.2, 0) is 22.6 Å². The highest BCUT2D eigenvalue weighted by atomic mass is 16.5. The molecule has 0 bridgehead atoms. The van der Waals surface area contributed by atoms with E-state index in [1.165, 1.54) is 0 Å². The lowest BCUT2D eigenvalue weighted by atomic mass is 10.1. The van der Waals surface area contributed by atoms with Gasteiger partial charge in [-0.05, 0) is 17.7 Å². The van der Waals surface area contributed by atoms with Crippen molar-refractivity contribution < 1.29 is 13.9 Å². The minimum atomic E-state index is 0.0720. The Bertz CT molecular complexity index is 446. The summed E-state index contributed by atoms with van der Waals surface area (Å²) in [6.45, 7) is 0.461. The molecule has 0 spiro atoms. The van der Waals surface area contributed by atoms with Crippen molar-refractivity contribution in [3.8, 4) is 0 Å². The monoisotopic (exact) mass is 230 g/mol. The molecule has 3 heteroatoms. The number of carbonyl (C=O) groups excluding carboxylic acids is 1. The third-order valence-electron chi connectivity index (χ3n) is 2.33. The Hall–Kier alpha value is -1.87. The van der Waals surface area contributed by atoms with E-state index in [4.69, 9.17) is 9.15 Å². The number of hydrogen-bond donors (Lipinski definition) is 0. The van der Waals surface area contributed by atoms with Crippen LogP contribution < -0.4 is 0 Å². The molecule has 0 amide bonds. The normalized spacial score (nSPS) is 10.4. The van der Waals surface area contributed by atoms with Crippen LogP contribution in [0.4, 0.5) is 0 Å². The van der Waals surface area contributed by atoms with Gasteiger partial charge >= 0.3 is 0 Å². The third-order valence-corrected chi connectivity index (χ3v) is 2.33. The van der Waals surface area contributed by atoms with Crippen LogP contribution in [0.1, 0.15) is 11.3 Å². The predicted molar refractivity (Wildman–Crippen MR) is 63.5 cm³/mol. The molecular weight excluding hydrogens is 216 g/mol. The lowest BCUT2D eigenvalue weighted by Gasteiger charge is -2.02. The van der Waals surface area contributed by atoms with Crippen LogP contribution in [0.2, 0.25) is 0 Å². The van der Waals surface area contributed by atoms with E-state index >= 15 is 0 Å². The molecule has 0 aliphatic rings. The molecule has 0 atom stereocenters. The fourth-order valence-corrected chi connectivity index (χ4v) is 1.53. The zero-order chi connectivity index (χ0) is 11.9. The van der Waals surface area contributed by atoms with Crippen molar-refractivity contribution in [2.75, 3.05) is 6.61 Å². The molecule has 0 fully saturated rings. The molecule has 88 valence electrons. The zero-order valence-corrected chi connectivity index (χ0v) is 9.46. The fourth-order valence-electron chi connectivity index (χ4n) is 1.53. The van der Waals surface area contributed by atoms with Gasteiger partial charge in [0.1, 0.15) is 19.0 Å². The van der Waals surface area contributed by atoms with E-state index in [1.54, 1.807) is 12.3 Å². The molecule has 0 saturated heterocycles. The molecule has 2 aromatic rings. The van der Waals surface area contributed by atoms with Crippen LogP contribution in [0, 0.1) is 0 Å². The summed E-state index contributed by atoms with van der Waals surface area (Å²) in [4.78, 5) is 11.6. The first-order chi connectivity index (χ1) is 8.34. The first kappa shape index (κ1) is 11.6. The van der Waals surface area contributed by atoms with Gasteiger partial charge in [0.15, 0.2) is 5.78 Å². The van der Waals surface area contributed by atoms with Crippen LogP contribution in [-0.4, -0.2) is 12.4 Å². The van der Waals surface area contributed by atoms with Crippen LogP contribution >= 0.6 is 0 Å². The highest BCUT2D eigenvalue weighted by Crippen LogP contribution is 2.03. The number of ketones is 1. The summed E-state index contributed by atoms with van der Waals surface area (Å²) in [5, 5.41) is 0. The third kappa shape index (κ3) is 3.89. The average Bonchev–Trinajstić information content (AvgIpc) is 2.83. The minimum Gasteiger partial charge on any atom is -0.467 e. The molecular formula is C14H14O3. The molecule has 17 heavy (non-hydrogen) atoms. The van der Waals surface area contributed by atoms with Crippen LogP contribution in [0.15, 0.2) is 53.1 Å². The molecule has 1 heterocycles. The van der Waals surface area contributed by atoms with Crippen molar-refractivity contribution in [3.63, 3.8) is 0 Å².